The Bertz CT molecular complexity index is 415. The summed E-state index contributed by atoms with van der Waals surface area (Å²) in [5.74, 6) is -0.626. The fraction of sp³-hybridized carbons (Fsp3) is 0.182. The number of rotatable bonds is 3. The van der Waals surface area contributed by atoms with Crippen molar-refractivity contribution in [2.75, 3.05) is 7.11 Å². The summed E-state index contributed by atoms with van der Waals surface area (Å²) in [5, 5.41) is -0.115. The van der Waals surface area contributed by atoms with Crippen LogP contribution in [0.2, 0.25) is 5.02 Å². The predicted molar refractivity (Wildman–Crippen MR) is 66.0 cm³/mol. The van der Waals surface area contributed by atoms with E-state index in [4.69, 9.17) is 34.8 Å². The molecule has 0 saturated carbocycles. The topological polar surface area (TPSA) is 26.3 Å². The lowest BCUT2D eigenvalue weighted by Gasteiger charge is -2.07. The number of halogens is 3. The molecule has 0 aliphatic carbocycles. The third kappa shape index (κ3) is 3.41. The van der Waals surface area contributed by atoms with Crippen molar-refractivity contribution in [2.24, 2.45) is 0 Å². The zero-order valence-electron chi connectivity index (χ0n) is 8.41. The molecule has 0 heterocycles. The van der Waals surface area contributed by atoms with Gasteiger partial charge in [0.1, 0.15) is 5.03 Å². The number of benzene rings is 1. The van der Waals surface area contributed by atoms with Gasteiger partial charge in [0.2, 0.25) is 0 Å². The number of hydrogen-bond acceptors (Lipinski definition) is 2. The molecule has 0 radical (unpaired) electrons. The number of hydrogen-bond donors (Lipinski definition) is 0. The second-order valence-corrected chi connectivity index (χ2v) is 4.21. The van der Waals surface area contributed by atoms with E-state index in [9.17, 15) is 4.79 Å². The van der Waals surface area contributed by atoms with Crippen molar-refractivity contribution in [3.8, 4) is 0 Å². The molecule has 0 unspecified atom stereocenters. The molecule has 0 aliphatic rings. The minimum absolute atomic E-state index is 0.0672. The van der Waals surface area contributed by atoms with E-state index >= 15 is 0 Å². The predicted octanol–water partition coefficient (Wildman–Crippen LogP) is 3.92. The Morgan fingerprint density at radius 1 is 1.44 bits per heavy atom. The number of carbonyl (C=O) groups excluding carboxylic acids is 1. The number of esters is 1. The third-order valence-electron chi connectivity index (χ3n) is 1.88. The molecule has 1 aromatic carbocycles. The van der Waals surface area contributed by atoms with Crippen LogP contribution in [0.3, 0.4) is 0 Å². The lowest BCUT2D eigenvalue weighted by Crippen LogP contribution is -2.01. The second-order valence-electron chi connectivity index (χ2n) is 2.93. The summed E-state index contributed by atoms with van der Waals surface area (Å²) < 4.78 is 4.45. The van der Waals surface area contributed by atoms with Gasteiger partial charge < -0.3 is 4.74 Å². The summed E-state index contributed by atoms with van der Waals surface area (Å²) >= 11 is 17.7. The minimum Gasteiger partial charge on any atom is -0.465 e. The Hall–Kier alpha value is -0.700. The van der Waals surface area contributed by atoms with E-state index in [2.05, 4.69) is 4.74 Å². The Morgan fingerprint density at radius 3 is 2.62 bits per heavy atom. The maximum absolute atomic E-state index is 11.0. The largest absolute Gasteiger partial charge is 0.465 e. The normalized spacial score (nSPS) is 13.4. The summed E-state index contributed by atoms with van der Waals surface area (Å²) in [6.45, 7) is 0. The summed E-state index contributed by atoms with van der Waals surface area (Å²) in [4.78, 5) is 11.0. The molecule has 0 saturated heterocycles. The van der Waals surface area contributed by atoms with Crippen LogP contribution in [0, 0.1) is 0 Å². The molecule has 86 valence electrons. The Morgan fingerprint density at radius 2 is 2.06 bits per heavy atom. The van der Waals surface area contributed by atoms with E-state index in [1.807, 2.05) is 0 Å². The fourth-order valence-electron chi connectivity index (χ4n) is 1.08. The van der Waals surface area contributed by atoms with Crippen LogP contribution < -0.4 is 0 Å². The van der Waals surface area contributed by atoms with Gasteiger partial charge in [0.15, 0.2) is 0 Å². The lowest BCUT2D eigenvalue weighted by atomic mass is 10.1. The monoisotopic (exact) mass is 278 g/mol. The first-order valence-electron chi connectivity index (χ1n) is 4.40. The van der Waals surface area contributed by atoms with Crippen LogP contribution in [0.5, 0.6) is 0 Å². The van der Waals surface area contributed by atoms with E-state index in [0.717, 1.165) is 0 Å². The van der Waals surface area contributed by atoms with Crippen molar-refractivity contribution >= 4 is 40.8 Å². The maximum Gasteiger partial charge on any atom is 0.349 e. The summed E-state index contributed by atoms with van der Waals surface area (Å²) in [6, 6.07) is 7.07. The first-order valence-corrected chi connectivity index (χ1v) is 5.59. The Kier molecular flexibility index (Phi) is 5.13. The van der Waals surface area contributed by atoms with Crippen LogP contribution in [0.25, 0.3) is 0 Å². The zero-order chi connectivity index (χ0) is 12.1. The first kappa shape index (κ1) is 13.4. The number of alkyl halides is 1. The van der Waals surface area contributed by atoms with Crippen LogP contribution in [-0.4, -0.2) is 13.1 Å². The molecule has 16 heavy (non-hydrogen) atoms. The average Bonchev–Trinajstić information content (AvgIpc) is 2.28. The molecule has 0 bridgehead atoms. The summed E-state index contributed by atoms with van der Waals surface area (Å²) in [5.41, 5.74) is 0.688. The highest BCUT2D eigenvalue weighted by atomic mass is 35.5. The maximum atomic E-state index is 11.0. The lowest BCUT2D eigenvalue weighted by molar-refractivity contribution is -0.135. The Balaban J connectivity index is 2.92. The van der Waals surface area contributed by atoms with E-state index in [0.29, 0.717) is 10.6 Å². The molecule has 1 aromatic rings. The van der Waals surface area contributed by atoms with Crippen molar-refractivity contribution in [1.82, 2.24) is 0 Å². The smallest absolute Gasteiger partial charge is 0.349 e. The van der Waals surface area contributed by atoms with Crippen LogP contribution in [-0.2, 0) is 9.53 Å². The molecule has 0 aromatic heterocycles. The van der Waals surface area contributed by atoms with E-state index in [1.165, 1.54) is 13.2 Å². The summed E-state index contributed by atoms with van der Waals surface area (Å²) in [7, 11) is 1.25. The molecule has 1 atom stereocenters. The van der Waals surface area contributed by atoms with Crippen molar-refractivity contribution in [1.29, 1.82) is 0 Å². The first-order chi connectivity index (χ1) is 7.56. The van der Waals surface area contributed by atoms with Crippen molar-refractivity contribution in [2.45, 2.75) is 5.38 Å². The van der Waals surface area contributed by atoms with Crippen LogP contribution in [0.4, 0.5) is 0 Å². The molecule has 0 N–H and O–H groups in total. The van der Waals surface area contributed by atoms with Gasteiger partial charge in [0.25, 0.3) is 0 Å². The number of methoxy groups -OCH3 is 1. The molecule has 5 heteroatoms. The van der Waals surface area contributed by atoms with Gasteiger partial charge in [0, 0.05) is 5.02 Å². The molecule has 0 spiro atoms. The molecule has 2 nitrogen and oxygen atoms in total. The van der Waals surface area contributed by atoms with Gasteiger partial charge in [-0.2, -0.15) is 0 Å². The van der Waals surface area contributed by atoms with E-state index in [1.54, 1.807) is 24.3 Å². The molecule has 0 aliphatic heterocycles. The molecule has 0 fully saturated rings. The number of ether oxygens (including phenoxy) is 1. The highest BCUT2D eigenvalue weighted by Crippen LogP contribution is 2.30. The van der Waals surface area contributed by atoms with Crippen molar-refractivity contribution < 1.29 is 9.53 Å². The van der Waals surface area contributed by atoms with Crippen LogP contribution in [0.15, 0.2) is 35.4 Å². The van der Waals surface area contributed by atoms with Gasteiger partial charge in [-0.25, -0.2) is 4.79 Å². The standard InChI is InChI=1S/C11H9Cl3O2/c1-16-11(15)10(14)6-9(13)7-4-2-3-5-8(7)12/h2-6,9H,1H3/b10-6-/t9-/m0/s1. The second kappa shape index (κ2) is 6.14. The molecular formula is C11H9Cl3O2. The molecule has 0 amide bonds. The SMILES string of the molecule is COC(=O)/C(Cl)=C/[C@H](Cl)c1ccccc1Cl. The quantitative estimate of drug-likeness (QED) is 0.476. The van der Waals surface area contributed by atoms with Gasteiger partial charge in [-0.05, 0) is 17.7 Å². The molecular weight excluding hydrogens is 270 g/mol. The van der Waals surface area contributed by atoms with Gasteiger partial charge in [-0.3, -0.25) is 0 Å². The minimum atomic E-state index is -0.626. The van der Waals surface area contributed by atoms with E-state index in [-0.39, 0.29) is 5.03 Å². The fourth-order valence-corrected chi connectivity index (χ4v) is 1.98. The number of carbonyl (C=O) groups is 1. The highest BCUT2D eigenvalue weighted by molar-refractivity contribution is 6.42. The number of allylic oxidation sites excluding steroid dienone is 1. The van der Waals surface area contributed by atoms with Gasteiger partial charge in [0.05, 0.1) is 12.5 Å². The van der Waals surface area contributed by atoms with Crippen LogP contribution >= 0.6 is 34.8 Å². The van der Waals surface area contributed by atoms with Gasteiger partial charge >= 0.3 is 5.97 Å². The molecule has 1 rings (SSSR count). The van der Waals surface area contributed by atoms with E-state index < -0.39 is 11.3 Å². The zero-order valence-corrected chi connectivity index (χ0v) is 10.7. The van der Waals surface area contributed by atoms with Gasteiger partial charge in [-0.1, -0.05) is 41.4 Å². The van der Waals surface area contributed by atoms with Crippen molar-refractivity contribution in [3.63, 3.8) is 0 Å². The average molecular weight is 280 g/mol. The summed E-state index contributed by atoms with van der Waals surface area (Å²) in [6.07, 6.45) is 1.39. The highest BCUT2D eigenvalue weighted by Gasteiger charge is 2.13. The van der Waals surface area contributed by atoms with Gasteiger partial charge in [-0.15, -0.1) is 11.6 Å². The third-order valence-corrected chi connectivity index (χ3v) is 2.86. The van der Waals surface area contributed by atoms with Crippen molar-refractivity contribution in [3.05, 3.63) is 46.0 Å². The Labute approximate surface area is 109 Å². The van der Waals surface area contributed by atoms with Crippen LogP contribution in [0.1, 0.15) is 10.9 Å².